The predicted octanol–water partition coefficient (Wildman–Crippen LogP) is 0.764. The molecule has 0 aliphatic carbocycles. The molecule has 0 aromatic carbocycles. The van der Waals surface area contributed by atoms with Crippen LogP contribution in [0, 0.1) is 0 Å². The maximum atomic E-state index is 11.0. The summed E-state index contributed by atoms with van der Waals surface area (Å²) in [4.78, 5) is 15.0. The van der Waals surface area contributed by atoms with Crippen molar-refractivity contribution in [3.8, 4) is 0 Å². The lowest BCUT2D eigenvalue weighted by Gasteiger charge is -2.02. The Morgan fingerprint density at radius 3 is 2.93 bits per heavy atom. The predicted molar refractivity (Wildman–Crippen MR) is 53.6 cm³/mol. The van der Waals surface area contributed by atoms with E-state index in [0.717, 1.165) is 0 Å². The van der Waals surface area contributed by atoms with Gasteiger partial charge in [0.1, 0.15) is 0 Å². The molecule has 15 heavy (non-hydrogen) atoms. The van der Waals surface area contributed by atoms with E-state index in [0.29, 0.717) is 16.7 Å². The summed E-state index contributed by atoms with van der Waals surface area (Å²) in [6.07, 6.45) is 1.45. The van der Waals surface area contributed by atoms with E-state index in [9.17, 15) is 4.79 Å². The van der Waals surface area contributed by atoms with Gasteiger partial charge < -0.3 is 14.8 Å². The van der Waals surface area contributed by atoms with Crippen molar-refractivity contribution in [1.82, 2.24) is 9.55 Å². The van der Waals surface area contributed by atoms with Crippen molar-refractivity contribution in [1.29, 1.82) is 0 Å². The van der Waals surface area contributed by atoms with Crippen LogP contribution in [0.2, 0.25) is 0 Å². The minimum atomic E-state index is -0.993. The molecule has 2 N–H and O–H groups in total. The van der Waals surface area contributed by atoms with Gasteiger partial charge in [0, 0.05) is 18.9 Å². The monoisotopic (exact) mass is 206 g/mol. The number of nitrogens with zero attached hydrogens (tertiary/aromatic N) is 2. The Labute approximate surface area is 85.6 Å². The number of aromatic nitrogens is 2. The average Bonchev–Trinajstić information content (AvgIpc) is 2.55. The highest BCUT2D eigenvalue weighted by molar-refractivity contribution is 6.01. The molecule has 0 bridgehead atoms. The Bertz CT molecular complexity index is 531. The van der Waals surface area contributed by atoms with Gasteiger partial charge in [-0.3, -0.25) is 4.98 Å². The van der Waals surface area contributed by atoms with Gasteiger partial charge in [-0.2, -0.15) is 0 Å². The highest BCUT2D eigenvalue weighted by Gasteiger charge is 2.14. The van der Waals surface area contributed by atoms with Crippen LogP contribution in [0.25, 0.3) is 11.0 Å². The van der Waals surface area contributed by atoms with Crippen LogP contribution in [0.1, 0.15) is 16.1 Å². The first-order valence-corrected chi connectivity index (χ1v) is 4.42. The zero-order valence-electron chi connectivity index (χ0n) is 8.14. The molecule has 0 aliphatic rings. The van der Waals surface area contributed by atoms with E-state index in [1.165, 1.54) is 12.3 Å². The van der Waals surface area contributed by atoms with E-state index in [1.54, 1.807) is 17.7 Å². The average molecular weight is 206 g/mol. The second kappa shape index (κ2) is 3.36. The highest BCUT2D eigenvalue weighted by Crippen LogP contribution is 2.20. The molecular formula is C10H10N2O3. The van der Waals surface area contributed by atoms with Crippen LogP contribution in [0.4, 0.5) is 0 Å². The first-order valence-electron chi connectivity index (χ1n) is 4.42. The Kier molecular flexibility index (Phi) is 2.17. The summed E-state index contributed by atoms with van der Waals surface area (Å²) in [6.45, 7) is -0.133. The highest BCUT2D eigenvalue weighted by atomic mass is 16.4. The number of rotatable bonds is 2. The normalized spacial score (nSPS) is 10.8. The van der Waals surface area contributed by atoms with Crippen LogP contribution in [0.3, 0.4) is 0 Å². The summed E-state index contributed by atoms with van der Waals surface area (Å²) in [5, 5.41) is 18.0. The van der Waals surface area contributed by atoms with Gasteiger partial charge in [-0.1, -0.05) is 0 Å². The van der Waals surface area contributed by atoms with Crippen molar-refractivity contribution in [3.05, 3.63) is 29.6 Å². The van der Waals surface area contributed by atoms with E-state index in [4.69, 9.17) is 10.2 Å². The second-order valence-electron chi connectivity index (χ2n) is 3.25. The Balaban J connectivity index is 2.84. The molecule has 0 fully saturated rings. The molecule has 2 rings (SSSR count). The van der Waals surface area contributed by atoms with Gasteiger partial charge in [-0.15, -0.1) is 0 Å². The molecule has 2 aromatic heterocycles. The molecular weight excluding hydrogens is 196 g/mol. The van der Waals surface area contributed by atoms with Gasteiger partial charge in [0.15, 0.2) is 0 Å². The molecule has 0 saturated heterocycles. The number of aryl methyl sites for hydroxylation is 1. The molecule has 0 atom stereocenters. The SMILES string of the molecule is Cn1c(CO)cc2nccc(C(=O)O)c21. The van der Waals surface area contributed by atoms with Crippen LogP contribution in [-0.2, 0) is 13.7 Å². The number of aliphatic hydroxyl groups excluding tert-OH is 1. The maximum absolute atomic E-state index is 11.0. The zero-order chi connectivity index (χ0) is 11.0. The molecule has 0 unspecified atom stereocenters. The summed E-state index contributed by atoms with van der Waals surface area (Å²) in [5.74, 6) is -0.993. The number of pyridine rings is 1. The van der Waals surface area contributed by atoms with Gasteiger partial charge >= 0.3 is 5.97 Å². The van der Waals surface area contributed by atoms with E-state index >= 15 is 0 Å². The van der Waals surface area contributed by atoms with E-state index in [2.05, 4.69) is 4.98 Å². The van der Waals surface area contributed by atoms with Gasteiger partial charge in [-0.05, 0) is 12.1 Å². The molecule has 0 spiro atoms. The molecule has 0 amide bonds. The maximum Gasteiger partial charge on any atom is 0.337 e. The molecule has 78 valence electrons. The van der Waals surface area contributed by atoms with Crippen molar-refractivity contribution in [2.45, 2.75) is 6.61 Å². The van der Waals surface area contributed by atoms with Crippen LogP contribution < -0.4 is 0 Å². The molecule has 0 aliphatic heterocycles. The number of carboxylic acids is 1. The lowest BCUT2D eigenvalue weighted by Crippen LogP contribution is -2.02. The number of aliphatic hydroxyl groups is 1. The van der Waals surface area contributed by atoms with Crippen LogP contribution in [0.15, 0.2) is 18.3 Å². The largest absolute Gasteiger partial charge is 0.478 e. The van der Waals surface area contributed by atoms with Crippen LogP contribution in [-0.4, -0.2) is 25.7 Å². The number of hydrogen-bond donors (Lipinski definition) is 2. The molecule has 0 radical (unpaired) electrons. The first-order chi connectivity index (χ1) is 7.15. The zero-order valence-corrected chi connectivity index (χ0v) is 8.14. The fourth-order valence-electron chi connectivity index (χ4n) is 1.65. The lowest BCUT2D eigenvalue weighted by atomic mass is 10.2. The quantitative estimate of drug-likeness (QED) is 0.760. The molecule has 5 heteroatoms. The summed E-state index contributed by atoms with van der Waals surface area (Å²) in [5.41, 5.74) is 1.96. The standard InChI is InChI=1S/C10H10N2O3/c1-12-6(5-13)4-8-9(12)7(10(14)15)2-3-11-8/h2-4,13H,5H2,1H3,(H,14,15). The van der Waals surface area contributed by atoms with Gasteiger partial charge in [0.05, 0.1) is 23.2 Å². The number of carbonyl (C=O) groups is 1. The number of carboxylic acid groups (broad SMARTS) is 1. The fraction of sp³-hybridized carbons (Fsp3) is 0.200. The summed E-state index contributed by atoms with van der Waals surface area (Å²) < 4.78 is 1.64. The topological polar surface area (TPSA) is 75.3 Å². The summed E-state index contributed by atoms with van der Waals surface area (Å²) >= 11 is 0. The van der Waals surface area contributed by atoms with Crippen molar-refractivity contribution in [2.24, 2.45) is 7.05 Å². The minimum absolute atomic E-state index is 0.133. The van der Waals surface area contributed by atoms with Crippen molar-refractivity contribution in [3.63, 3.8) is 0 Å². The Morgan fingerprint density at radius 1 is 1.60 bits per heavy atom. The molecule has 0 saturated carbocycles. The summed E-state index contributed by atoms with van der Waals surface area (Å²) in [6, 6.07) is 3.13. The Hall–Kier alpha value is -1.88. The third kappa shape index (κ3) is 1.37. The van der Waals surface area contributed by atoms with E-state index in [1.807, 2.05) is 0 Å². The third-order valence-electron chi connectivity index (χ3n) is 2.41. The van der Waals surface area contributed by atoms with Crippen molar-refractivity contribution in [2.75, 3.05) is 0 Å². The minimum Gasteiger partial charge on any atom is -0.478 e. The molecule has 5 nitrogen and oxygen atoms in total. The van der Waals surface area contributed by atoms with Gasteiger partial charge in [0.2, 0.25) is 0 Å². The summed E-state index contributed by atoms with van der Waals surface area (Å²) in [7, 11) is 1.71. The van der Waals surface area contributed by atoms with E-state index < -0.39 is 5.97 Å². The Morgan fingerprint density at radius 2 is 2.33 bits per heavy atom. The number of fused-ring (bicyclic) bond motifs is 1. The molecule has 2 heterocycles. The van der Waals surface area contributed by atoms with E-state index in [-0.39, 0.29) is 12.2 Å². The van der Waals surface area contributed by atoms with Crippen LogP contribution >= 0.6 is 0 Å². The molecule has 2 aromatic rings. The van der Waals surface area contributed by atoms with Crippen molar-refractivity contribution < 1.29 is 15.0 Å². The fourth-order valence-corrected chi connectivity index (χ4v) is 1.65. The number of aromatic carboxylic acids is 1. The van der Waals surface area contributed by atoms with Crippen LogP contribution in [0.5, 0.6) is 0 Å². The number of hydrogen-bond acceptors (Lipinski definition) is 3. The second-order valence-corrected chi connectivity index (χ2v) is 3.25. The van der Waals surface area contributed by atoms with Gasteiger partial charge in [0.25, 0.3) is 0 Å². The smallest absolute Gasteiger partial charge is 0.337 e. The van der Waals surface area contributed by atoms with Crippen molar-refractivity contribution >= 4 is 17.0 Å². The first kappa shape index (κ1) is 9.67. The van der Waals surface area contributed by atoms with Gasteiger partial charge in [-0.25, -0.2) is 4.79 Å². The third-order valence-corrected chi connectivity index (χ3v) is 2.41. The lowest BCUT2D eigenvalue weighted by molar-refractivity contribution is 0.0698.